The minimum atomic E-state index is 0.552. The molecule has 4 nitrogen and oxygen atoms in total. The molecular weight excluding hydrogens is 246 g/mol. The average Bonchev–Trinajstić information content (AvgIpc) is 2.43. The van der Waals surface area contributed by atoms with Gasteiger partial charge in [-0.15, -0.1) is 4.91 Å². The Balaban J connectivity index is 2.52. The highest BCUT2D eigenvalue weighted by Gasteiger charge is 2.12. The van der Waals surface area contributed by atoms with Crippen molar-refractivity contribution < 1.29 is 0 Å². The zero-order chi connectivity index (χ0) is 12.8. The SMILES string of the molecule is O=NN(c1ccccc1)c1ccccc1N=C=S. The molecule has 18 heavy (non-hydrogen) atoms. The van der Waals surface area contributed by atoms with Crippen LogP contribution < -0.4 is 5.01 Å². The minimum absolute atomic E-state index is 0.552. The van der Waals surface area contributed by atoms with Crippen LogP contribution in [0.1, 0.15) is 0 Å². The molecular formula is C13H9N3OS. The first-order chi connectivity index (χ1) is 8.86. The zero-order valence-electron chi connectivity index (χ0n) is 9.35. The average molecular weight is 255 g/mol. The number of thiocarbonyl (C=S) groups is 1. The topological polar surface area (TPSA) is 45.0 Å². The molecule has 0 radical (unpaired) electrons. The van der Waals surface area contributed by atoms with Gasteiger partial charge in [-0.25, -0.2) is 0 Å². The highest BCUT2D eigenvalue weighted by Crippen LogP contribution is 2.33. The fourth-order valence-corrected chi connectivity index (χ4v) is 1.68. The lowest BCUT2D eigenvalue weighted by Gasteiger charge is -2.16. The largest absolute Gasteiger partial charge is 0.195 e. The van der Waals surface area contributed by atoms with E-state index in [-0.39, 0.29) is 0 Å². The van der Waals surface area contributed by atoms with E-state index in [1.54, 1.807) is 30.3 Å². The first-order valence-corrected chi connectivity index (χ1v) is 5.63. The van der Waals surface area contributed by atoms with E-state index in [0.717, 1.165) is 0 Å². The van der Waals surface area contributed by atoms with Gasteiger partial charge in [0.05, 0.1) is 27.5 Å². The van der Waals surface area contributed by atoms with Crippen molar-refractivity contribution in [1.82, 2.24) is 0 Å². The number of nitroso groups, excluding NO2 is 1. The van der Waals surface area contributed by atoms with Crippen molar-refractivity contribution in [3.05, 3.63) is 59.5 Å². The molecule has 0 fully saturated rings. The van der Waals surface area contributed by atoms with E-state index in [4.69, 9.17) is 0 Å². The number of anilines is 2. The maximum absolute atomic E-state index is 11.1. The molecule has 0 aliphatic carbocycles. The number of para-hydroxylation sites is 3. The lowest BCUT2D eigenvalue weighted by molar-refractivity contribution is 1.07. The normalized spacial score (nSPS) is 9.33. The standard InChI is InChI=1S/C13H9N3OS/c17-15-16(11-6-2-1-3-7-11)13-9-5-4-8-12(13)14-10-18/h1-9H. The fourth-order valence-electron chi connectivity index (χ4n) is 1.59. The molecule has 5 heteroatoms. The van der Waals surface area contributed by atoms with Gasteiger partial charge in [0.1, 0.15) is 0 Å². The monoisotopic (exact) mass is 255 g/mol. The molecule has 0 bridgehead atoms. The summed E-state index contributed by atoms with van der Waals surface area (Å²) in [6, 6.07) is 16.2. The third-order valence-corrected chi connectivity index (χ3v) is 2.45. The Bertz CT molecular complexity index is 594. The molecule has 88 valence electrons. The fraction of sp³-hybridized carbons (Fsp3) is 0. The van der Waals surface area contributed by atoms with E-state index in [1.807, 2.05) is 24.3 Å². The summed E-state index contributed by atoms with van der Waals surface area (Å²) in [5.41, 5.74) is 1.78. The van der Waals surface area contributed by atoms with Gasteiger partial charge in [-0.2, -0.15) is 10.0 Å². The van der Waals surface area contributed by atoms with Crippen LogP contribution in [-0.2, 0) is 0 Å². The predicted molar refractivity (Wildman–Crippen MR) is 75.5 cm³/mol. The number of rotatable bonds is 4. The van der Waals surface area contributed by atoms with E-state index in [1.165, 1.54) is 5.01 Å². The van der Waals surface area contributed by atoms with Gasteiger partial charge in [0.25, 0.3) is 0 Å². The maximum Gasteiger partial charge on any atom is 0.0997 e. The first-order valence-electron chi connectivity index (χ1n) is 5.22. The van der Waals surface area contributed by atoms with Crippen molar-refractivity contribution in [2.75, 3.05) is 5.01 Å². The third kappa shape index (κ3) is 2.48. The summed E-state index contributed by atoms with van der Waals surface area (Å²) in [4.78, 5) is 15.0. The summed E-state index contributed by atoms with van der Waals surface area (Å²) in [5, 5.41) is 6.60. The number of hydrogen-bond acceptors (Lipinski definition) is 4. The van der Waals surface area contributed by atoms with Crippen molar-refractivity contribution >= 4 is 34.4 Å². The van der Waals surface area contributed by atoms with Crippen LogP contribution in [0.3, 0.4) is 0 Å². The van der Waals surface area contributed by atoms with Crippen LogP contribution in [0.5, 0.6) is 0 Å². The molecule has 2 rings (SSSR count). The van der Waals surface area contributed by atoms with E-state index < -0.39 is 0 Å². The number of hydrogen-bond donors (Lipinski definition) is 0. The van der Waals surface area contributed by atoms with Crippen LogP contribution in [0.15, 0.2) is 64.9 Å². The molecule has 0 spiro atoms. The van der Waals surface area contributed by atoms with E-state index in [0.29, 0.717) is 17.1 Å². The quantitative estimate of drug-likeness (QED) is 0.355. The summed E-state index contributed by atoms with van der Waals surface area (Å²) in [6.07, 6.45) is 0. The Morgan fingerprint density at radius 2 is 1.67 bits per heavy atom. The highest BCUT2D eigenvalue weighted by atomic mass is 32.1. The number of benzene rings is 2. The van der Waals surface area contributed by atoms with Gasteiger partial charge in [0.2, 0.25) is 0 Å². The smallest absolute Gasteiger partial charge is 0.0997 e. The first kappa shape index (κ1) is 12.1. The molecule has 0 saturated heterocycles. The molecule has 0 aliphatic rings. The summed E-state index contributed by atoms with van der Waals surface area (Å²) < 4.78 is 0. The number of nitrogens with zero attached hydrogens (tertiary/aromatic N) is 3. The molecule has 0 saturated carbocycles. The lowest BCUT2D eigenvalue weighted by atomic mass is 10.2. The van der Waals surface area contributed by atoms with Crippen LogP contribution >= 0.6 is 12.2 Å². The molecule has 0 amide bonds. The van der Waals surface area contributed by atoms with Crippen molar-refractivity contribution in [3.63, 3.8) is 0 Å². The Hall–Kier alpha value is -2.36. The molecule has 0 unspecified atom stereocenters. The van der Waals surface area contributed by atoms with E-state index in [9.17, 15) is 4.91 Å². The molecule has 2 aromatic carbocycles. The van der Waals surface area contributed by atoms with Crippen LogP contribution in [0.4, 0.5) is 17.1 Å². The number of isothiocyanates is 1. The van der Waals surface area contributed by atoms with Crippen LogP contribution in [0.2, 0.25) is 0 Å². The summed E-state index contributed by atoms with van der Waals surface area (Å²) >= 11 is 4.59. The highest BCUT2D eigenvalue weighted by molar-refractivity contribution is 7.78. The van der Waals surface area contributed by atoms with Gasteiger partial charge in [-0.05, 0) is 36.5 Å². The van der Waals surface area contributed by atoms with Crippen molar-refractivity contribution in [2.24, 2.45) is 10.3 Å². The second-order valence-corrected chi connectivity index (χ2v) is 3.60. The molecule has 0 aromatic heterocycles. The van der Waals surface area contributed by atoms with Gasteiger partial charge in [0.15, 0.2) is 0 Å². The van der Waals surface area contributed by atoms with Gasteiger partial charge in [0, 0.05) is 0 Å². The van der Waals surface area contributed by atoms with Gasteiger partial charge in [-0.3, -0.25) is 0 Å². The van der Waals surface area contributed by atoms with Gasteiger partial charge < -0.3 is 0 Å². The summed E-state index contributed by atoms with van der Waals surface area (Å²) in [7, 11) is 0. The summed E-state index contributed by atoms with van der Waals surface area (Å²) in [5.74, 6) is 0. The maximum atomic E-state index is 11.1. The van der Waals surface area contributed by atoms with Crippen molar-refractivity contribution in [1.29, 1.82) is 0 Å². The van der Waals surface area contributed by atoms with Crippen LogP contribution in [0.25, 0.3) is 0 Å². The molecule has 0 aliphatic heterocycles. The lowest BCUT2D eigenvalue weighted by Crippen LogP contribution is -2.07. The second-order valence-electron chi connectivity index (χ2n) is 3.42. The predicted octanol–water partition coefficient (Wildman–Crippen LogP) is 4.24. The van der Waals surface area contributed by atoms with Crippen LogP contribution in [-0.4, -0.2) is 5.16 Å². The summed E-state index contributed by atoms with van der Waals surface area (Å²) in [6.45, 7) is 0. The Morgan fingerprint density at radius 1 is 1.00 bits per heavy atom. The Morgan fingerprint density at radius 3 is 2.33 bits per heavy atom. The Kier molecular flexibility index (Phi) is 3.91. The van der Waals surface area contributed by atoms with Gasteiger partial charge in [-0.1, -0.05) is 30.3 Å². The van der Waals surface area contributed by atoms with E-state index >= 15 is 0 Å². The number of aliphatic imine (C=N–C) groups is 1. The zero-order valence-corrected chi connectivity index (χ0v) is 10.2. The van der Waals surface area contributed by atoms with Crippen LogP contribution in [0, 0.1) is 4.91 Å². The van der Waals surface area contributed by atoms with Crippen molar-refractivity contribution in [3.8, 4) is 0 Å². The Labute approximate surface area is 110 Å². The third-order valence-electron chi connectivity index (χ3n) is 2.36. The van der Waals surface area contributed by atoms with Gasteiger partial charge >= 0.3 is 0 Å². The molecule has 0 atom stereocenters. The van der Waals surface area contributed by atoms with Crippen molar-refractivity contribution in [2.45, 2.75) is 0 Å². The minimum Gasteiger partial charge on any atom is -0.195 e. The molecule has 0 heterocycles. The second kappa shape index (κ2) is 5.82. The van der Waals surface area contributed by atoms with E-state index in [2.05, 4.69) is 27.7 Å². The molecule has 2 aromatic rings. The molecule has 0 N–H and O–H groups in total.